The summed E-state index contributed by atoms with van der Waals surface area (Å²) in [5.41, 5.74) is 3.47. The van der Waals surface area contributed by atoms with Gasteiger partial charge in [0.05, 0.1) is 12.6 Å². The first-order valence-electron chi connectivity index (χ1n) is 8.35. The number of aliphatic hydroxyl groups is 1. The van der Waals surface area contributed by atoms with Crippen molar-refractivity contribution in [2.75, 3.05) is 11.9 Å². The second-order valence-electron chi connectivity index (χ2n) is 6.07. The molecule has 0 unspecified atom stereocenters. The van der Waals surface area contributed by atoms with Gasteiger partial charge in [-0.25, -0.2) is 0 Å². The molecule has 0 aliphatic rings. The van der Waals surface area contributed by atoms with Gasteiger partial charge >= 0.3 is 0 Å². The number of carbonyl (C=O) groups excluding carboxylic acids is 2. The fourth-order valence-electron chi connectivity index (χ4n) is 2.45. The van der Waals surface area contributed by atoms with Crippen molar-refractivity contribution in [2.45, 2.75) is 32.8 Å². The molecular formula is C20H24N2O3. The van der Waals surface area contributed by atoms with Gasteiger partial charge in [0, 0.05) is 17.7 Å². The van der Waals surface area contributed by atoms with Crippen LogP contribution in [0, 0.1) is 6.92 Å². The van der Waals surface area contributed by atoms with Gasteiger partial charge in [0.25, 0.3) is 0 Å². The van der Waals surface area contributed by atoms with Crippen molar-refractivity contribution in [1.29, 1.82) is 0 Å². The van der Waals surface area contributed by atoms with Crippen LogP contribution in [0.3, 0.4) is 0 Å². The van der Waals surface area contributed by atoms with Crippen molar-refractivity contribution in [3.63, 3.8) is 0 Å². The maximum Gasteiger partial charge on any atom is 0.243 e. The Morgan fingerprint density at radius 1 is 1.04 bits per heavy atom. The Bertz CT molecular complexity index is 724. The van der Waals surface area contributed by atoms with E-state index in [0.717, 1.165) is 5.56 Å². The first-order chi connectivity index (χ1) is 12.0. The first kappa shape index (κ1) is 18.7. The van der Waals surface area contributed by atoms with E-state index in [1.165, 1.54) is 5.56 Å². The number of rotatable bonds is 7. The molecule has 0 aliphatic heterocycles. The summed E-state index contributed by atoms with van der Waals surface area (Å²) in [7, 11) is 0. The Morgan fingerprint density at radius 2 is 1.72 bits per heavy atom. The summed E-state index contributed by atoms with van der Waals surface area (Å²) < 4.78 is 0. The summed E-state index contributed by atoms with van der Waals surface area (Å²) in [4.78, 5) is 23.9. The minimum absolute atomic E-state index is 0.0964. The van der Waals surface area contributed by atoms with Gasteiger partial charge in [-0.15, -0.1) is 0 Å². The van der Waals surface area contributed by atoms with Gasteiger partial charge in [-0.1, -0.05) is 48.0 Å². The van der Waals surface area contributed by atoms with Crippen molar-refractivity contribution in [3.05, 3.63) is 65.2 Å². The van der Waals surface area contributed by atoms with Crippen LogP contribution in [0.15, 0.2) is 48.5 Å². The Hall–Kier alpha value is -2.66. The third kappa shape index (κ3) is 6.04. The second kappa shape index (κ2) is 8.99. The number of carbonyl (C=O) groups is 2. The number of hydrogen-bond acceptors (Lipinski definition) is 3. The largest absolute Gasteiger partial charge is 0.389 e. The summed E-state index contributed by atoms with van der Waals surface area (Å²) >= 11 is 0. The second-order valence-corrected chi connectivity index (χ2v) is 6.07. The molecule has 2 aromatic carbocycles. The van der Waals surface area contributed by atoms with Crippen LogP contribution in [0.25, 0.3) is 0 Å². The molecule has 0 heterocycles. The van der Waals surface area contributed by atoms with Crippen LogP contribution in [0.1, 0.15) is 36.1 Å². The van der Waals surface area contributed by atoms with Crippen molar-refractivity contribution in [2.24, 2.45) is 0 Å². The molecule has 0 saturated heterocycles. The lowest BCUT2D eigenvalue weighted by Gasteiger charge is -2.13. The van der Waals surface area contributed by atoms with E-state index in [2.05, 4.69) is 10.6 Å². The molecule has 2 amide bonds. The predicted molar refractivity (Wildman–Crippen MR) is 98.2 cm³/mol. The molecule has 25 heavy (non-hydrogen) atoms. The zero-order valence-electron chi connectivity index (χ0n) is 14.6. The molecule has 5 nitrogen and oxygen atoms in total. The SMILES string of the molecule is Cc1ccc(CCC(=O)NCC(=O)Nc2ccccc2[C@H](C)O)cc1. The fourth-order valence-corrected chi connectivity index (χ4v) is 2.45. The monoisotopic (exact) mass is 340 g/mol. The van der Waals surface area contributed by atoms with E-state index in [1.54, 1.807) is 31.2 Å². The van der Waals surface area contributed by atoms with Crippen LogP contribution in [0.4, 0.5) is 5.69 Å². The Morgan fingerprint density at radius 3 is 2.40 bits per heavy atom. The van der Waals surface area contributed by atoms with Crippen LogP contribution < -0.4 is 10.6 Å². The van der Waals surface area contributed by atoms with Crippen LogP contribution in [0.2, 0.25) is 0 Å². The molecule has 0 fully saturated rings. The molecule has 0 radical (unpaired) electrons. The number of benzene rings is 2. The molecule has 3 N–H and O–H groups in total. The highest BCUT2D eigenvalue weighted by atomic mass is 16.3. The first-order valence-corrected chi connectivity index (χ1v) is 8.35. The van der Waals surface area contributed by atoms with Crippen LogP contribution >= 0.6 is 0 Å². The van der Waals surface area contributed by atoms with Gasteiger partial charge in [0.1, 0.15) is 0 Å². The summed E-state index contributed by atoms with van der Waals surface area (Å²) in [5.74, 6) is -0.490. The number of aryl methyl sites for hydroxylation is 2. The average Bonchev–Trinajstić information content (AvgIpc) is 2.59. The van der Waals surface area contributed by atoms with Crippen molar-refractivity contribution < 1.29 is 14.7 Å². The van der Waals surface area contributed by atoms with E-state index < -0.39 is 6.10 Å². The molecule has 2 rings (SSSR count). The van der Waals surface area contributed by atoms with E-state index >= 15 is 0 Å². The van der Waals surface area contributed by atoms with Crippen LogP contribution in [-0.2, 0) is 16.0 Å². The van der Waals surface area contributed by atoms with Crippen molar-refractivity contribution in [3.8, 4) is 0 Å². The molecular weight excluding hydrogens is 316 g/mol. The lowest BCUT2D eigenvalue weighted by Crippen LogP contribution is -2.33. The van der Waals surface area contributed by atoms with Gasteiger partial charge < -0.3 is 15.7 Å². The lowest BCUT2D eigenvalue weighted by atomic mass is 10.1. The zero-order valence-corrected chi connectivity index (χ0v) is 14.6. The van der Waals surface area contributed by atoms with Crippen LogP contribution in [-0.4, -0.2) is 23.5 Å². The standard InChI is InChI=1S/C20H24N2O3/c1-14-7-9-16(10-8-14)11-12-19(24)21-13-20(25)22-18-6-4-3-5-17(18)15(2)23/h3-10,15,23H,11-13H2,1-2H3,(H,21,24)(H,22,25)/t15-/m0/s1. The molecule has 0 saturated carbocycles. The number of amides is 2. The molecule has 2 aromatic rings. The minimum atomic E-state index is -0.680. The lowest BCUT2D eigenvalue weighted by molar-refractivity contribution is -0.124. The summed E-state index contributed by atoms with van der Waals surface area (Å²) in [6, 6.07) is 15.1. The topological polar surface area (TPSA) is 78.4 Å². The third-order valence-electron chi connectivity index (χ3n) is 3.89. The Balaban J connectivity index is 1.78. The van der Waals surface area contributed by atoms with Gasteiger partial charge in [-0.3, -0.25) is 9.59 Å². The number of anilines is 1. The average molecular weight is 340 g/mol. The Labute approximate surface area is 148 Å². The van der Waals surface area contributed by atoms with Crippen molar-refractivity contribution in [1.82, 2.24) is 5.32 Å². The highest BCUT2D eigenvalue weighted by Gasteiger charge is 2.11. The van der Waals surface area contributed by atoms with Gasteiger partial charge in [-0.05, 0) is 31.9 Å². The maximum absolute atomic E-state index is 12.0. The van der Waals surface area contributed by atoms with Crippen molar-refractivity contribution >= 4 is 17.5 Å². The molecule has 1 atom stereocenters. The zero-order chi connectivity index (χ0) is 18.2. The summed E-state index contributed by atoms with van der Waals surface area (Å²) in [6.07, 6.45) is 0.291. The van der Waals surface area contributed by atoms with Gasteiger partial charge in [0.2, 0.25) is 11.8 Å². The molecule has 5 heteroatoms. The van der Waals surface area contributed by atoms with Gasteiger partial charge in [0.15, 0.2) is 0 Å². The van der Waals surface area contributed by atoms with E-state index in [9.17, 15) is 14.7 Å². The Kier molecular flexibility index (Phi) is 6.71. The summed E-state index contributed by atoms with van der Waals surface area (Å²) in [6.45, 7) is 3.56. The molecule has 0 spiro atoms. The van der Waals surface area contributed by atoms with E-state index in [-0.39, 0.29) is 18.4 Å². The van der Waals surface area contributed by atoms with Crippen LogP contribution in [0.5, 0.6) is 0 Å². The minimum Gasteiger partial charge on any atom is -0.389 e. The smallest absolute Gasteiger partial charge is 0.243 e. The van der Waals surface area contributed by atoms with E-state index in [4.69, 9.17) is 0 Å². The molecule has 0 aliphatic carbocycles. The normalized spacial score (nSPS) is 11.6. The predicted octanol–water partition coefficient (Wildman–Crippen LogP) is 2.74. The third-order valence-corrected chi connectivity index (χ3v) is 3.89. The summed E-state index contributed by atoms with van der Waals surface area (Å²) in [5, 5.41) is 15.0. The number of aliphatic hydroxyl groups excluding tert-OH is 1. The molecule has 132 valence electrons. The molecule has 0 bridgehead atoms. The van der Waals surface area contributed by atoms with E-state index in [1.807, 2.05) is 31.2 Å². The number of nitrogens with one attached hydrogen (secondary N) is 2. The van der Waals surface area contributed by atoms with E-state index in [0.29, 0.717) is 24.1 Å². The number of hydrogen-bond donors (Lipinski definition) is 3. The fraction of sp³-hybridized carbons (Fsp3) is 0.300. The quantitative estimate of drug-likeness (QED) is 0.725. The maximum atomic E-state index is 12.0. The molecule has 0 aromatic heterocycles. The van der Waals surface area contributed by atoms with Gasteiger partial charge in [-0.2, -0.15) is 0 Å². The highest BCUT2D eigenvalue weighted by molar-refractivity contribution is 5.95. The number of para-hydroxylation sites is 1. The highest BCUT2D eigenvalue weighted by Crippen LogP contribution is 2.21.